The Morgan fingerprint density at radius 3 is 2.83 bits per heavy atom. The van der Waals surface area contributed by atoms with Crippen LogP contribution in [0.2, 0.25) is 0 Å². The van der Waals surface area contributed by atoms with Gasteiger partial charge in [0.25, 0.3) is 0 Å². The van der Waals surface area contributed by atoms with Crippen molar-refractivity contribution in [2.24, 2.45) is 0 Å². The van der Waals surface area contributed by atoms with Crippen molar-refractivity contribution in [1.29, 1.82) is 0 Å². The lowest BCUT2D eigenvalue weighted by molar-refractivity contribution is 0.0592. The van der Waals surface area contributed by atoms with Gasteiger partial charge in [0.15, 0.2) is 5.69 Å². The number of carbonyl (C=O) groups excluding carboxylic acids is 1. The Labute approximate surface area is 112 Å². The molecular formula is C12H21N3O2S. The van der Waals surface area contributed by atoms with Crippen LogP contribution in [0, 0.1) is 0 Å². The van der Waals surface area contributed by atoms with E-state index >= 15 is 0 Å². The van der Waals surface area contributed by atoms with Gasteiger partial charge in [0.2, 0.25) is 0 Å². The van der Waals surface area contributed by atoms with Gasteiger partial charge in [0, 0.05) is 6.54 Å². The summed E-state index contributed by atoms with van der Waals surface area (Å²) in [5, 5.41) is 7.99. The van der Waals surface area contributed by atoms with E-state index in [0.717, 1.165) is 43.0 Å². The van der Waals surface area contributed by atoms with Gasteiger partial charge in [-0.05, 0) is 24.3 Å². The van der Waals surface area contributed by atoms with E-state index in [1.165, 1.54) is 7.11 Å². The average molecular weight is 271 g/mol. The summed E-state index contributed by atoms with van der Waals surface area (Å²) in [5.74, 6) is 1.84. The first-order valence-corrected chi connectivity index (χ1v) is 7.48. The summed E-state index contributed by atoms with van der Waals surface area (Å²) in [7, 11) is 1.37. The highest BCUT2D eigenvalue weighted by molar-refractivity contribution is 7.99. The summed E-state index contributed by atoms with van der Waals surface area (Å²) in [6, 6.07) is 0. The van der Waals surface area contributed by atoms with Crippen molar-refractivity contribution >= 4 is 17.7 Å². The Morgan fingerprint density at radius 1 is 1.44 bits per heavy atom. The number of ether oxygens (including phenoxy) is 1. The van der Waals surface area contributed by atoms with Crippen molar-refractivity contribution < 1.29 is 9.53 Å². The summed E-state index contributed by atoms with van der Waals surface area (Å²) in [6.07, 6.45) is 2.80. The Balaban J connectivity index is 2.71. The molecule has 0 amide bonds. The molecule has 18 heavy (non-hydrogen) atoms. The molecule has 0 radical (unpaired) electrons. The third kappa shape index (κ3) is 4.01. The molecule has 1 rings (SSSR count). The SMILES string of the molecule is CCCc1c(C(=O)OC)nnn1CCCSCC. The van der Waals surface area contributed by atoms with Gasteiger partial charge in [-0.1, -0.05) is 25.5 Å². The van der Waals surface area contributed by atoms with Crippen molar-refractivity contribution in [3.63, 3.8) is 0 Å². The predicted octanol–water partition coefficient (Wildman–Crippen LogP) is 2.16. The van der Waals surface area contributed by atoms with E-state index in [-0.39, 0.29) is 0 Å². The lowest BCUT2D eigenvalue weighted by Crippen LogP contribution is -2.10. The van der Waals surface area contributed by atoms with Gasteiger partial charge in [-0.15, -0.1) is 5.10 Å². The summed E-state index contributed by atoms with van der Waals surface area (Å²) < 4.78 is 6.56. The van der Waals surface area contributed by atoms with Crippen molar-refractivity contribution in [2.45, 2.75) is 39.7 Å². The van der Waals surface area contributed by atoms with Crippen molar-refractivity contribution in [2.75, 3.05) is 18.6 Å². The number of methoxy groups -OCH3 is 1. The van der Waals surface area contributed by atoms with E-state index < -0.39 is 5.97 Å². The molecule has 0 atom stereocenters. The first kappa shape index (κ1) is 15.0. The summed E-state index contributed by atoms with van der Waals surface area (Å²) >= 11 is 1.91. The van der Waals surface area contributed by atoms with Crippen molar-refractivity contribution in [3.8, 4) is 0 Å². The van der Waals surface area contributed by atoms with Crippen LogP contribution < -0.4 is 0 Å². The Morgan fingerprint density at radius 2 is 2.22 bits per heavy atom. The van der Waals surface area contributed by atoms with Crippen LogP contribution in [0.15, 0.2) is 0 Å². The van der Waals surface area contributed by atoms with E-state index in [1.54, 1.807) is 0 Å². The van der Waals surface area contributed by atoms with Crippen LogP contribution in [0.25, 0.3) is 0 Å². The number of hydrogen-bond acceptors (Lipinski definition) is 5. The summed E-state index contributed by atoms with van der Waals surface area (Å²) in [4.78, 5) is 11.6. The van der Waals surface area contributed by atoms with Crippen LogP contribution in [0.5, 0.6) is 0 Å². The second kappa shape index (κ2) is 8.13. The molecule has 1 aromatic rings. The zero-order chi connectivity index (χ0) is 13.4. The minimum absolute atomic E-state index is 0.363. The number of rotatable bonds is 8. The molecule has 5 nitrogen and oxygen atoms in total. The van der Waals surface area contributed by atoms with Crippen molar-refractivity contribution in [1.82, 2.24) is 15.0 Å². The number of aromatic nitrogens is 3. The molecule has 0 bridgehead atoms. The van der Waals surface area contributed by atoms with Gasteiger partial charge in [0.1, 0.15) is 0 Å². The monoisotopic (exact) mass is 271 g/mol. The standard InChI is InChI=1S/C12H21N3O2S/c1-4-7-10-11(12(16)17-3)13-14-15(10)8-6-9-18-5-2/h4-9H2,1-3H3. The third-order valence-electron chi connectivity index (χ3n) is 2.57. The van der Waals surface area contributed by atoms with Gasteiger partial charge in [-0.25, -0.2) is 9.48 Å². The molecule has 1 heterocycles. The number of hydrogen-bond donors (Lipinski definition) is 0. The molecule has 102 valence electrons. The fourth-order valence-corrected chi connectivity index (χ4v) is 2.33. The predicted molar refractivity (Wildman–Crippen MR) is 73.0 cm³/mol. The molecule has 0 aromatic carbocycles. The quantitative estimate of drug-likeness (QED) is 0.535. The van der Waals surface area contributed by atoms with Gasteiger partial charge < -0.3 is 4.74 Å². The minimum atomic E-state index is -0.396. The van der Waals surface area contributed by atoms with Crippen LogP contribution in [-0.2, 0) is 17.7 Å². The maximum Gasteiger partial charge on any atom is 0.360 e. The van der Waals surface area contributed by atoms with E-state index in [4.69, 9.17) is 4.74 Å². The van der Waals surface area contributed by atoms with E-state index in [1.807, 2.05) is 16.4 Å². The lowest BCUT2D eigenvalue weighted by Gasteiger charge is -2.06. The highest BCUT2D eigenvalue weighted by Gasteiger charge is 2.19. The lowest BCUT2D eigenvalue weighted by atomic mass is 10.2. The van der Waals surface area contributed by atoms with Crippen LogP contribution in [0.3, 0.4) is 0 Å². The van der Waals surface area contributed by atoms with Crippen LogP contribution >= 0.6 is 11.8 Å². The Kier molecular flexibility index (Phi) is 6.78. The van der Waals surface area contributed by atoms with Gasteiger partial charge in [0.05, 0.1) is 12.8 Å². The molecule has 1 aromatic heterocycles. The second-order valence-electron chi connectivity index (χ2n) is 3.90. The largest absolute Gasteiger partial charge is 0.464 e. The Hall–Kier alpha value is -1.04. The number of esters is 1. The molecule has 0 aliphatic heterocycles. The fourth-order valence-electron chi connectivity index (χ4n) is 1.71. The Bertz CT molecular complexity index is 379. The number of aryl methyl sites for hydroxylation is 1. The average Bonchev–Trinajstić information content (AvgIpc) is 2.77. The number of thioether (sulfide) groups is 1. The van der Waals surface area contributed by atoms with E-state index in [9.17, 15) is 4.79 Å². The molecule has 6 heteroatoms. The van der Waals surface area contributed by atoms with Gasteiger partial charge in [-0.3, -0.25) is 0 Å². The normalized spacial score (nSPS) is 10.6. The molecule has 0 aliphatic rings. The maximum absolute atomic E-state index is 11.6. The highest BCUT2D eigenvalue weighted by atomic mass is 32.2. The first-order valence-electron chi connectivity index (χ1n) is 6.33. The smallest absolute Gasteiger partial charge is 0.360 e. The minimum Gasteiger partial charge on any atom is -0.464 e. The summed E-state index contributed by atoms with van der Waals surface area (Å²) in [6.45, 7) is 5.04. The molecule has 0 fully saturated rings. The zero-order valence-electron chi connectivity index (χ0n) is 11.3. The zero-order valence-corrected chi connectivity index (χ0v) is 12.1. The summed E-state index contributed by atoms with van der Waals surface area (Å²) in [5.41, 5.74) is 1.26. The molecule has 0 saturated carbocycles. The maximum atomic E-state index is 11.6. The topological polar surface area (TPSA) is 57.0 Å². The van der Waals surface area contributed by atoms with Crippen LogP contribution in [0.4, 0.5) is 0 Å². The van der Waals surface area contributed by atoms with Gasteiger partial charge >= 0.3 is 5.97 Å². The molecule has 0 aliphatic carbocycles. The molecular weight excluding hydrogens is 250 g/mol. The third-order valence-corrected chi connectivity index (χ3v) is 3.55. The van der Waals surface area contributed by atoms with E-state index in [2.05, 4.69) is 24.2 Å². The van der Waals surface area contributed by atoms with Crippen LogP contribution in [0.1, 0.15) is 42.9 Å². The van der Waals surface area contributed by atoms with Gasteiger partial charge in [-0.2, -0.15) is 11.8 Å². The number of nitrogens with zero attached hydrogens (tertiary/aromatic N) is 3. The molecule has 0 saturated heterocycles. The second-order valence-corrected chi connectivity index (χ2v) is 5.29. The van der Waals surface area contributed by atoms with E-state index in [0.29, 0.717) is 5.69 Å². The van der Waals surface area contributed by atoms with Crippen LogP contribution in [-0.4, -0.2) is 39.6 Å². The van der Waals surface area contributed by atoms with Crippen molar-refractivity contribution in [3.05, 3.63) is 11.4 Å². The molecule has 0 N–H and O–H groups in total. The highest BCUT2D eigenvalue weighted by Crippen LogP contribution is 2.11. The first-order chi connectivity index (χ1) is 8.74. The fraction of sp³-hybridized carbons (Fsp3) is 0.750. The number of carbonyl (C=O) groups is 1. The molecule has 0 unspecified atom stereocenters. The molecule has 0 spiro atoms.